The van der Waals surface area contributed by atoms with Gasteiger partial charge in [-0.3, -0.25) is 9.59 Å². The molecular weight excluding hydrogens is 291 g/mol. The summed E-state index contributed by atoms with van der Waals surface area (Å²) in [6.07, 6.45) is 0.535. The van der Waals surface area contributed by atoms with E-state index < -0.39 is 29.6 Å². The van der Waals surface area contributed by atoms with Gasteiger partial charge in [-0.05, 0) is 31.5 Å². The average Bonchev–Trinajstić information content (AvgIpc) is 2.48. The van der Waals surface area contributed by atoms with E-state index in [1.165, 1.54) is 24.3 Å². The van der Waals surface area contributed by atoms with Crippen LogP contribution in [0.5, 0.6) is 0 Å². The molecule has 0 amide bonds. The van der Waals surface area contributed by atoms with E-state index in [0.29, 0.717) is 11.8 Å². The van der Waals surface area contributed by atoms with Crippen LogP contribution in [0.15, 0.2) is 24.3 Å². The molecule has 22 heavy (non-hydrogen) atoms. The molecule has 0 saturated carbocycles. The van der Waals surface area contributed by atoms with Gasteiger partial charge in [-0.15, -0.1) is 0 Å². The number of ether oxygens (including phenoxy) is 2. The van der Waals surface area contributed by atoms with Gasteiger partial charge in [0.25, 0.3) is 0 Å². The molecule has 0 N–H and O–H groups in total. The first-order chi connectivity index (χ1) is 10.5. The molecule has 1 rings (SSSR count). The number of hydrogen-bond acceptors (Lipinski definition) is 5. The first kappa shape index (κ1) is 17.8. The minimum Gasteiger partial charge on any atom is -0.465 e. The number of carbonyl (C=O) groups is 3. The summed E-state index contributed by atoms with van der Waals surface area (Å²) in [5.41, 5.74) is 0.500. The lowest BCUT2D eigenvalue weighted by molar-refractivity contribution is -0.162. The number of rotatable bonds is 8. The predicted octanol–water partition coefficient (Wildman–Crippen LogP) is 2.24. The van der Waals surface area contributed by atoms with Crippen molar-refractivity contribution < 1.29 is 28.2 Å². The van der Waals surface area contributed by atoms with E-state index in [1.807, 2.05) is 0 Å². The van der Waals surface area contributed by atoms with Gasteiger partial charge in [-0.25, -0.2) is 4.39 Å². The Balaban J connectivity index is 3.18. The van der Waals surface area contributed by atoms with Crippen molar-refractivity contribution in [2.45, 2.75) is 26.2 Å². The molecule has 1 aromatic rings. The fourth-order valence-corrected chi connectivity index (χ4v) is 2.17. The monoisotopic (exact) mass is 310 g/mol. The second-order valence-corrected chi connectivity index (χ2v) is 4.54. The zero-order chi connectivity index (χ0) is 16.5. The maximum atomic E-state index is 13.0. The summed E-state index contributed by atoms with van der Waals surface area (Å²) < 4.78 is 22.9. The summed E-state index contributed by atoms with van der Waals surface area (Å²) in [7, 11) is 0. The molecule has 0 heterocycles. The van der Waals surface area contributed by atoms with E-state index in [-0.39, 0.29) is 19.6 Å². The normalized spacial score (nSPS) is 11.8. The summed E-state index contributed by atoms with van der Waals surface area (Å²) in [4.78, 5) is 35.1. The largest absolute Gasteiger partial charge is 0.465 e. The van der Waals surface area contributed by atoms with Gasteiger partial charge in [-0.2, -0.15) is 0 Å². The Morgan fingerprint density at radius 1 is 1.09 bits per heavy atom. The van der Waals surface area contributed by atoms with Crippen LogP contribution in [0.4, 0.5) is 4.39 Å². The fraction of sp³-hybridized carbons (Fsp3) is 0.438. The van der Waals surface area contributed by atoms with Gasteiger partial charge < -0.3 is 14.3 Å². The van der Waals surface area contributed by atoms with Crippen molar-refractivity contribution in [3.05, 3.63) is 35.6 Å². The van der Waals surface area contributed by atoms with Crippen LogP contribution in [0.25, 0.3) is 0 Å². The van der Waals surface area contributed by atoms with Gasteiger partial charge in [0.05, 0.1) is 13.2 Å². The summed E-state index contributed by atoms with van der Waals surface area (Å²) in [5, 5.41) is 0. The maximum absolute atomic E-state index is 13.0. The van der Waals surface area contributed by atoms with E-state index >= 15 is 0 Å². The molecule has 0 aromatic heterocycles. The maximum Gasteiger partial charge on any atom is 0.320 e. The van der Waals surface area contributed by atoms with Gasteiger partial charge in [0, 0.05) is 12.3 Å². The Morgan fingerprint density at radius 3 is 2.00 bits per heavy atom. The highest BCUT2D eigenvalue weighted by Crippen LogP contribution is 2.30. The van der Waals surface area contributed by atoms with Gasteiger partial charge in [0.15, 0.2) is 5.92 Å². The van der Waals surface area contributed by atoms with E-state index in [4.69, 9.17) is 9.47 Å². The van der Waals surface area contributed by atoms with Crippen LogP contribution in [-0.2, 0) is 23.9 Å². The molecule has 0 saturated heterocycles. The van der Waals surface area contributed by atoms with E-state index in [9.17, 15) is 18.8 Å². The summed E-state index contributed by atoms with van der Waals surface area (Å²) in [6.45, 7) is 3.44. The van der Waals surface area contributed by atoms with Crippen LogP contribution < -0.4 is 0 Å². The second-order valence-electron chi connectivity index (χ2n) is 4.54. The smallest absolute Gasteiger partial charge is 0.320 e. The Labute approximate surface area is 128 Å². The van der Waals surface area contributed by atoms with Gasteiger partial charge in [0.2, 0.25) is 0 Å². The minimum absolute atomic E-state index is 0.0755. The zero-order valence-electron chi connectivity index (χ0n) is 12.6. The molecule has 5 nitrogen and oxygen atoms in total. The number of benzene rings is 1. The van der Waals surface area contributed by atoms with Crippen molar-refractivity contribution in [2.24, 2.45) is 5.92 Å². The van der Waals surface area contributed by atoms with Crippen molar-refractivity contribution >= 4 is 18.2 Å². The van der Waals surface area contributed by atoms with Crippen LogP contribution in [0.3, 0.4) is 0 Å². The highest BCUT2D eigenvalue weighted by atomic mass is 19.1. The summed E-state index contributed by atoms with van der Waals surface area (Å²) >= 11 is 0. The lowest BCUT2D eigenvalue weighted by atomic mass is 9.83. The quantitative estimate of drug-likeness (QED) is 0.418. The third-order valence-corrected chi connectivity index (χ3v) is 3.13. The number of carbonyl (C=O) groups excluding carboxylic acids is 3. The highest BCUT2D eigenvalue weighted by molar-refractivity contribution is 5.96. The molecule has 0 unspecified atom stereocenters. The van der Waals surface area contributed by atoms with E-state index in [2.05, 4.69) is 0 Å². The lowest BCUT2D eigenvalue weighted by Crippen LogP contribution is -2.33. The Hall–Kier alpha value is -2.24. The number of esters is 2. The van der Waals surface area contributed by atoms with Crippen molar-refractivity contribution in [3.63, 3.8) is 0 Å². The third-order valence-electron chi connectivity index (χ3n) is 3.13. The van der Waals surface area contributed by atoms with Crippen LogP contribution >= 0.6 is 0 Å². The Bertz CT molecular complexity index is 494. The van der Waals surface area contributed by atoms with Crippen LogP contribution in [0.2, 0.25) is 0 Å². The van der Waals surface area contributed by atoms with Crippen molar-refractivity contribution in [1.29, 1.82) is 0 Å². The average molecular weight is 310 g/mol. The summed E-state index contributed by atoms with van der Waals surface area (Å²) in [6, 6.07) is 5.30. The van der Waals surface area contributed by atoms with Crippen molar-refractivity contribution in [1.82, 2.24) is 0 Å². The molecule has 0 fully saturated rings. The van der Waals surface area contributed by atoms with Crippen LogP contribution in [0.1, 0.15) is 31.7 Å². The Kier molecular flexibility index (Phi) is 7.22. The summed E-state index contributed by atoms with van der Waals surface area (Å²) in [5.74, 6) is -3.96. The Morgan fingerprint density at radius 2 is 1.59 bits per heavy atom. The molecule has 6 heteroatoms. The van der Waals surface area contributed by atoms with E-state index in [0.717, 1.165) is 0 Å². The molecule has 1 aromatic carbocycles. The molecule has 1 atom stereocenters. The molecule has 120 valence electrons. The molecule has 0 aliphatic carbocycles. The number of aldehydes is 1. The van der Waals surface area contributed by atoms with E-state index in [1.54, 1.807) is 13.8 Å². The molecule has 0 aliphatic heterocycles. The second kappa shape index (κ2) is 8.92. The van der Waals surface area contributed by atoms with Gasteiger partial charge in [-0.1, -0.05) is 12.1 Å². The van der Waals surface area contributed by atoms with Crippen molar-refractivity contribution in [3.8, 4) is 0 Å². The molecule has 0 aliphatic rings. The third kappa shape index (κ3) is 4.65. The van der Waals surface area contributed by atoms with Gasteiger partial charge >= 0.3 is 11.9 Å². The first-order valence-corrected chi connectivity index (χ1v) is 7.07. The lowest BCUT2D eigenvalue weighted by Gasteiger charge is -2.23. The number of hydrogen-bond donors (Lipinski definition) is 0. The topological polar surface area (TPSA) is 69.7 Å². The van der Waals surface area contributed by atoms with Gasteiger partial charge in [0.1, 0.15) is 12.1 Å². The van der Waals surface area contributed by atoms with Crippen LogP contribution in [-0.4, -0.2) is 31.4 Å². The first-order valence-electron chi connectivity index (χ1n) is 7.07. The molecule has 0 spiro atoms. The number of halogens is 1. The predicted molar refractivity (Wildman–Crippen MR) is 76.6 cm³/mol. The van der Waals surface area contributed by atoms with Crippen LogP contribution in [0, 0.1) is 11.7 Å². The molecular formula is C16H19FO5. The highest BCUT2D eigenvalue weighted by Gasteiger charge is 2.38. The molecule has 0 radical (unpaired) electrons. The SMILES string of the molecule is CCOC(=O)C(C(=O)OCC)[C@@H](CC=O)c1ccc(F)cc1. The molecule has 0 bridgehead atoms. The zero-order valence-corrected chi connectivity index (χ0v) is 12.6. The standard InChI is InChI=1S/C16H19FO5/c1-3-21-15(19)14(16(20)22-4-2)13(9-10-18)11-5-7-12(17)8-6-11/h5-8,10,13-14H,3-4,9H2,1-2H3/t13-/m0/s1. The fourth-order valence-electron chi connectivity index (χ4n) is 2.17. The minimum atomic E-state index is -1.25. The van der Waals surface area contributed by atoms with Crippen molar-refractivity contribution in [2.75, 3.05) is 13.2 Å².